The zero-order valence-corrected chi connectivity index (χ0v) is 10.9. The topological polar surface area (TPSA) is 60.1 Å². The molecule has 4 nitrogen and oxygen atoms in total. The lowest BCUT2D eigenvalue weighted by Gasteiger charge is -2.20. The Morgan fingerprint density at radius 2 is 2.12 bits per heavy atom. The Morgan fingerprint density at radius 3 is 2.65 bits per heavy atom. The predicted molar refractivity (Wildman–Crippen MR) is 72.2 cm³/mol. The number of aromatic nitrogens is 1. The zero-order chi connectivity index (χ0) is 12.8. The highest BCUT2D eigenvalue weighted by atomic mass is 16.1. The maximum absolute atomic E-state index is 11.4. The first-order valence-corrected chi connectivity index (χ1v) is 6.22. The van der Waals surface area contributed by atoms with E-state index in [0.29, 0.717) is 24.9 Å². The van der Waals surface area contributed by atoms with Crippen molar-refractivity contribution in [3.63, 3.8) is 0 Å². The molecule has 1 heterocycles. The molecule has 0 saturated heterocycles. The number of nitrogens with one attached hydrogen (secondary N) is 1. The van der Waals surface area contributed by atoms with Gasteiger partial charge in [-0.3, -0.25) is 4.79 Å². The van der Waals surface area contributed by atoms with Gasteiger partial charge in [-0.25, -0.2) is 0 Å². The molecule has 3 N–H and O–H groups in total. The number of nitrogens with two attached hydrogens (primary N) is 1. The van der Waals surface area contributed by atoms with Crippen LogP contribution in [0.2, 0.25) is 0 Å². The quantitative estimate of drug-likeness (QED) is 0.788. The zero-order valence-electron chi connectivity index (χ0n) is 10.9. The maximum atomic E-state index is 11.4. The molecule has 17 heavy (non-hydrogen) atoms. The fraction of sp³-hybridized carbons (Fsp3) is 0.615. The SMILES string of the molecule is CCn1cc(NCC(CN)C(C)C)ccc1=O. The number of anilines is 1. The van der Waals surface area contributed by atoms with Gasteiger partial charge >= 0.3 is 0 Å². The fourth-order valence-corrected chi connectivity index (χ4v) is 1.72. The van der Waals surface area contributed by atoms with E-state index >= 15 is 0 Å². The second kappa shape index (κ2) is 6.45. The molecule has 0 saturated carbocycles. The lowest BCUT2D eigenvalue weighted by molar-refractivity contribution is 0.413. The summed E-state index contributed by atoms with van der Waals surface area (Å²) < 4.78 is 1.69. The second-order valence-corrected chi connectivity index (χ2v) is 4.66. The molecule has 0 radical (unpaired) electrons. The smallest absolute Gasteiger partial charge is 0.250 e. The van der Waals surface area contributed by atoms with Gasteiger partial charge in [0.25, 0.3) is 5.56 Å². The van der Waals surface area contributed by atoms with Crippen molar-refractivity contribution in [1.82, 2.24) is 4.57 Å². The molecule has 1 aromatic heterocycles. The van der Waals surface area contributed by atoms with Gasteiger partial charge in [-0.2, -0.15) is 0 Å². The van der Waals surface area contributed by atoms with Crippen LogP contribution in [0.15, 0.2) is 23.1 Å². The molecule has 0 aliphatic rings. The van der Waals surface area contributed by atoms with Crippen molar-refractivity contribution in [2.75, 3.05) is 18.4 Å². The van der Waals surface area contributed by atoms with Crippen LogP contribution in [0.4, 0.5) is 5.69 Å². The van der Waals surface area contributed by atoms with Gasteiger partial charge in [0, 0.05) is 25.4 Å². The molecule has 0 fully saturated rings. The van der Waals surface area contributed by atoms with Crippen LogP contribution in [0.25, 0.3) is 0 Å². The van der Waals surface area contributed by atoms with Crippen LogP contribution in [-0.4, -0.2) is 17.7 Å². The van der Waals surface area contributed by atoms with Crippen molar-refractivity contribution >= 4 is 5.69 Å². The third-order valence-electron chi connectivity index (χ3n) is 3.14. The molecular weight excluding hydrogens is 214 g/mol. The van der Waals surface area contributed by atoms with E-state index in [2.05, 4.69) is 19.2 Å². The first kappa shape index (κ1) is 13.8. The van der Waals surface area contributed by atoms with Gasteiger partial charge in [0.1, 0.15) is 0 Å². The lowest BCUT2D eigenvalue weighted by Crippen LogP contribution is -2.27. The predicted octanol–water partition coefficient (Wildman–Crippen LogP) is 1.51. The van der Waals surface area contributed by atoms with Gasteiger partial charge in [0.15, 0.2) is 0 Å². The van der Waals surface area contributed by atoms with E-state index in [9.17, 15) is 4.79 Å². The number of hydrogen-bond donors (Lipinski definition) is 2. The molecule has 96 valence electrons. The third-order valence-corrected chi connectivity index (χ3v) is 3.14. The Morgan fingerprint density at radius 1 is 1.41 bits per heavy atom. The summed E-state index contributed by atoms with van der Waals surface area (Å²) in [5.74, 6) is 1.02. The van der Waals surface area contributed by atoms with Crippen molar-refractivity contribution in [3.8, 4) is 0 Å². The molecule has 0 spiro atoms. The van der Waals surface area contributed by atoms with E-state index in [4.69, 9.17) is 5.73 Å². The minimum Gasteiger partial charge on any atom is -0.384 e. The van der Waals surface area contributed by atoms with Crippen LogP contribution < -0.4 is 16.6 Å². The third kappa shape index (κ3) is 3.89. The van der Waals surface area contributed by atoms with Crippen LogP contribution >= 0.6 is 0 Å². The van der Waals surface area contributed by atoms with Crippen LogP contribution in [0.5, 0.6) is 0 Å². The Hall–Kier alpha value is -1.29. The van der Waals surface area contributed by atoms with E-state index in [0.717, 1.165) is 12.2 Å². The second-order valence-electron chi connectivity index (χ2n) is 4.66. The Labute approximate surface area is 103 Å². The Bertz CT molecular complexity index is 398. The molecule has 1 unspecified atom stereocenters. The summed E-state index contributed by atoms with van der Waals surface area (Å²) in [6, 6.07) is 3.42. The average molecular weight is 237 g/mol. The maximum Gasteiger partial charge on any atom is 0.250 e. The standard InChI is InChI=1S/C13H23N3O/c1-4-16-9-12(5-6-13(16)17)15-8-11(7-14)10(2)3/h5-6,9-11,15H,4,7-8,14H2,1-3H3. The Kier molecular flexibility index (Phi) is 5.22. The number of pyridine rings is 1. The fourth-order valence-electron chi connectivity index (χ4n) is 1.72. The largest absolute Gasteiger partial charge is 0.384 e. The molecule has 0 bridgehead atoms. The average Bonchev–Trinajstić information content (AvgIpc) is 2.31. The Balaban J connectivity index is 2.66. The molecular formula is C13H23N3O. The lowest BCUT2D eigenvalue weighted by atomic mass is 9.96. The van der Waals surface area contributed by atoms with Crippen molar-refractivity contribution in [3.05, 3.63) is 28.7 Å². The van der Waals surface area contributed by atoms with Gasteiger partial charge < -0.3 is 15.6 Å². The number of hydrogen-bond acceptors (Lipinski definition) is 3. The van der Waals surface area contributed by atoms with Crippen molar-refractivity contribution in [2.45, 2.75) is 27.3 Å². The van der Waals surface area contributed by atoms with Crippen LogP contribution in [0.1, 0.15) is 20.8 Å². The van der Waals surface area contributed by atoms with Crippen LogP contribution in [0, 0.1) is 11.8 Å². The van der Waals surface area contributed by atoms with Gasteiger partial charge in [-0.1, -0.05) is 13.8 Å². The number of aryl methyl sites for hydroxylation is 1. The molecule has 1 atom stereocenters. The minimum atomic E-state index is 0.0392. The van der Waals surface area contributed by atoms with E-state index in [1.165, 1.54) is 0 Å². The molecule has 1 rings (SSSR count). The highest BCUT2D eigenvalue weighted by molar-refractivity contribution is 5.40. The van der Waals surface area contributed by atoms with Gasteiger partial charge in [-0.05, 0) is 31.4 Å². The van der Waals surface area contributed by atoms with E-state index in [-0.39, 0.29) is 5.56 Å². The van der Waals surface area contributed by atoms with E-state index < -0.39 is 0 Å². The molecule has 4 heteroatoms. The highest BCUT2D eigenvalue weighted by Gasteiger charge is 2.10. The molecule has 1 aromatic rings. The summed E-state index contributed by atoms with van der Waals surface area (Å²) in [5.41, 5.74) is 6.74. The normalized spacial score (nSPS) is 12.8. The van der Waals surface area contributed by atoms with E-state index in [1.807, 2.05) is 19.2 Å². The van der Waals surface area contributed by atoms with Crippen LogP contribution in [0.3, 0.4) is 0 Å². The van der Waals surface area contributed by atoms with Gasteiger partial charge in [0.05, 0.1) is 5.69 Å². The van der Waals surface area contributed by atoms with Gasteiger partial charge in [-0.15, -0.1) is 0 Å². The summed E-state index contributed by atoms with van der Waals surface area (Å²) in [7, 11) is 0. The summed E-state index contributed by atoms with van der Waals surface area (Å²) in [5, 5.41) is 3.34. The monoisotopic (exact) mass is 237 g/mol. The van der Waals surface area contributed by atoms with Crippen molar-refractivity contribution in [1.29, 1.82) is 0 Å². The highest BCUT2D eigenvalue weighted by Crippen LogP contribution is 2.11. The summed E-state index contributed by atoms with van der Waals surface area (Å²) in [4.78, 5) is 11.4. The molecule has 0 aliphatic heterocycles. The molecule has 0 aromatic carbocycles. The van der Waals surface area contributed by atoms with Crippen LogP contribution in [-0.2, 0) is 6.54 Å². The summed E-state index contributed by atoms with van der Waals surface area (Å²) >= 11 is 0. The number of rotatable bonds is 6. The minimum absolute atomic E-state index is 0.0392. The summed E-state index contributed by atoms with van der Waals surface area (Å²) in [6.07, 6.45) is 1.86. The first-order valence-electron chi connectivity index (χ1n) is 6.22. The molecule has 0 amide bonds. The molecule has 0 aliphatic carbocycles. The number of nitrogens with zero attached hydrogens (tertiary/aromatic N) is 1. The first-order chi connectivity index (χ1) is 8.08. The van der Waals surface area contributed by atoms with Gasteiger partial charge in [0.2, 0.25) is 0 Å². The van der Waals surface area contributed by atoms with Crippen molar-refractivity contribution < 1.29 is 0 Å². The summed E-state index contributed by atoms with van der Waals surface area (Å²) in [6.45, 7) is 8.52. The van der Waals surface area contributed by atoms with Crippen molar-refractivity contribution in [2.24, 2.45) is 17.6 Å². The van der Waals surface area contributed by atoms with E-state index in [1.54, 1.807) is 10.6 Å².